The molecule has 0 unspecified atom stereocenters. The Bertz CT molecular complexity index is 382. The first kappa shape index (κ1) is 15.7. The lowest BCUT2D eigenvalue weighted by molar-refractivity contribution is -0.138. The topological polar surface area (TPSA) is 12.0 Å². The van der Waals surface area contributed by atoms with E-state index in [9.17, 15) is 13.2 Å². The highest BCUT2D eigenvalue weighted by Gasteiger charge is 2.33. The first-order chi connectivity index (χ1) is 8.45. The molecular formula is C12H15BrF3NS. The summed E-state index contributed by atoms with van der Waals surface area (Å²) < 4.78 is 38.0. The van der Waals surface area contributed by atoms with Crippen molar-refractivity contribution in [2.24, 2.45) is 0 Å². The third-order valence-corrected chi connectivity index (χ3v) is 3.95. The number of thioether (sulfide) groups is 1. The van der Waals surface area contributed by atoms with E-state index in [0.717, 1.165) is 24.0 Å². The number of benzene rings is 1. The van der Waals surface area contributed by atoms with Gasteiger partial charge in [0.05, 0.1) is 5.56 Å². The van der Waals surface area contributed by atoms with Crippen molar-refractivity contribution in [1.29, 1.82) is 0 Å². The fourth-order valence-corrected chi connectivity index (χ4v) is 2.51. The van der Waals surface area contributed by atoms with E-state index >= 15 is 0 Å². The molecule has 1 rings (SSSR count). The van der Waals surface area contributed by atoms with E-state index < -0.39 is 11.7 Å². The van der Waals surface area contributed by atoms with Gasteiger partial charge in [0.25, 0.3) is 0 Å². The molecular weight excluding hydrogens is 327 g/mol. The lowest BCUT2D eigenvalue weighted by Crippen LogP contribution is -2.08. The predicted octanol–water partition coefficient (Wildman–Crippen LogP) is 5.02. The third kappa shape index (κ3) is 5.10. The Hall–Kier alpha value is -0.360. The van der Waals surface area contributed by atoms with Gasteiger partial charge in [0.2, 0.25) is 0 Å². The van der Waals surface area contributed by atoms with Gasteiger partial charge in [-0.1, -0.05) is 22.9 Å². The van der Waals surface area contributed by atoms with Crippen LogP contribution in [0.1, 0.15) is 18.9 Å². The average Bonchev–Trinajstić information content (AvgIpc) is 2.29. The molecule has 18 heavy (non-hydrogen) atoms. The molecule has 0 spiro atoms. The minimum atomic E-state index is -4.32. The number of halogens is 4. The average molecular weight is 342 g/mol. The summed E-state index contributed by atoms with van der Waals surface area (Å²) in [5, 5.41) is 3.01. The van der Waals surface area contributed by atoms with Crippen LogP contribution in [0, 0.1) is 0 Å². The molecule has 0 saturated carbocycles. The van der Waals surface area contributed by atoms with E-state index in [1.54, 1.807) is 6.07 Å². The fourth-order valence-electron chi connectivity index (χ4n) is 1.40. The Labute approximate surface area is 118 Å². The zero-order valence-corrected chi connectivity index (χ0v) is 12.4. The molecule has 0 fully saturated rings. The summed E-state index contributed by atoms with van der Waals surface area (Å²) in [6.07, 6.45) is -3.38. The second-order valence-electron chi connectivity index (χ2n) is 3.67. The summed E-state index contributed by atoms with van der Waals surface area (Å²) in [7, 11) is 0. The molecule has 0 radical (unpaired) electrons. The van der Waals surface area contributed by atoms with Gasteiger partial charge in [0.1, 0.15) is 0 Å². The van der Waals surface area contributed by atoms with E-state index in [1.807, 2.05) is 11.8 Å². The summed E-state index contributed by atoms with van der Waals surface area (Å²) in [5.74, 6) is 2.09. The Morgan fingerprint density at radius 1 is 1.33 bits per heavy atom. The predicted molar refractivity (Wildman–Crippen MR) is 75.2 cm³/mol. The van der Waals surface area contributed by atoms with E-state index in [2.05, 4.69) is 28.2 Å². The summed E-state index contributed by atoms with van der Waals surface area (Å²) in [5.41, 5.74) is -0.137. The molecule has 1 N–H and O–H groups in total. The van der Waals surface area contributed by atoms with Crippen molar-refractivity contribution in [3.8, 4) is 0 Å². The molecule has 0 aliphatic carbocycles. The first-order valence-electron chi connectivity index (χ1n) is 5.63. The molecule has 0 bridgehead atoms. The SMILES string of the molecule is CCSCCCNc1ccc(Br)c(C(F)(F)F)c1. The van der Waals surface area contributed by atoms with Crippen LogP contribution in [0.2, 0.25) is 0 Å². The zero-order chi connectivity index (χ0) is 13.6. The Morgan fingerprint density at radius 3 is 2.67 bits per heavy atom. The second-order valence-corrected chi connectivity index (χ2v) is 5.92. The van der Waals surface area contributed by atoms with Gasteiger partial charge in [-0.25, -0.2) is 0 Å². The van der Waals surface area contributed by atoms with Crippen LogP contribution in [0.25, 0.3) is 0 Å². The highest BCUT2D eigenvalue weighted by Crippen LogP contribution is 2.36. The molecule has 102 valence electrons. The van der Waals surface area contributed by atoms with Crippen LogP contribution < -0.4 is 5.32 Å². The maximum absolute atomic E-state index is 12.7. The van der Waals surface area contributed by atoms with Crippen molar-refractivity contribution >= 4 is 33.4 Å². The van der Waals surface area contributed by atoms with Crippen LogP contribution in [0.15, 0.2) is 22.7 Å². The molecule has 0 aliphatic rings. The van der Waals surface area contributed by atoms with E-state index in [1.165, 1.54) is 6.07 Å². The number of nitrogens with one attached hydrogen (secondary N) is 1. The molecule has 0 saturated heterocycles. The van der Waals surface area contributed by atoms with Crippen LogP contribution in [0.3, 0.4) is 0 Å². The maximum Gasteiger partial charge on any atom is 0.417 e. The number of hydrogen-bond donors (Lipinski definition) is 1. The molecule has 0 aliphatic heterocycles. The Balaban J connectivity index is 2.57. The summed E-state index contributed by atoms with van der Waals surface area (Å²) >= 11 is 4.74. The van der Waals surface area contributed by atoms with Gasteiger partial charge in [-0.05, 0) is 36.1 Å². The highest BCUT2D eigenvalue weighted by atomic mass is 79.9. The van der Waals surface area contributed by atoms with Crippen LogP contribution >= 0.6 is 27.7 Å². The lowest BCUT2D eigenvalue weighted by Gasteiger charge is -2.12. The highest BCUT2D eigenvalue weighted by molar-refractivity contribution is 9.10. The van der Waals surface area contributed by atoms with Crippen LogP contribution in [-0.2, 0) is 6.18 Å². The summed E-state index contributed by atoms with van der Waals surface area (Å²) in [6.45, 7) is 2.77. The standard InChI is InChI=1S/C12H15BrF3NS/c1-2-18-7-3-6-17-9-4-5-11(13)10(8-9)12(14,15)16/h4-5,8,17H,2-3,6-7H2,1H3. The molecule has 6 heteroatoms. The molecule has 0 heterocycles. The normalized spacial score (nSPS) is 11.6. The number of alkyl halides is 3. The molecule has 1 aromatic rings. The quantitative estimate of drug-likeness (QED) is 0.729. The molecule has 0 atom stereocenters. The number of anilines is 1. The van der Waals surface area contributed by atoms with Crippen LogP contribution in [-0.4, -0.2) is 18.1 Å². The van der Waals surface area contributed by atoms with Gasteiger partial charge in [-0.3, -0.25) is 0 Å². The molecule has 1 nitrogen and oxygen atoms in total. The third-order valence-electron chi connectivity index (χ3n) is 2.27. The summed E-state index contributed by atoms with van der Waals surface area (Å²) in [4.78, 5) is 0. The van der Waals surface area contributed by atoms with Gasteiger partial charge in [-0.2, -0.15) is 24.9 Å². The van der Waals surface area contributed by atoms with Crippen molar-refractivity contribution < 1.29 is 13.2 Å². The van der Waals surface area contributed by atoms with Gasteiger partial charge < -0.3 is 5.32 Å². The van der Waals surface area contributed by atoms with Gasteiger partial charge in [0.15, 0.2) is 0 Å². The minimum Gasteiger partial charge on any atom is -0.385 e. The molecule has 1 aromatic carbocycles. The fraction of sp³-hybridized carbons (Fsp3) is 0.500. The van der Waals surface area contributed by atoms with Gasteiger partial charge in [0, 0.05) is 16.7 Å². The summed E-state index contributed by atoms with van der Waals surface area (Å²) in [6, 6.07) is 4.20. The van der Waals surface area contributed by atoms with E-state index in [-0.39, 0.29) is 4.47 Å². The van der Waals surface area contributed by atoms with Crippen molar-refractivity contribution in [2.75, 3.05) is 23.4 Å². The van der Waals surface area contributed by atoms with Gasteiger partial charge in [-0.15, -0.1) is 0 Å². The van der Waals surface area contributed by atoms with E-state index in [4.69, 9.17) is 0 Å². The van der Waals surface area contributed by atoms with Crippen molar-refractivity contribution in [1.82, 2.24) is 0 Å². The second kappa shape index (κ2) is 7.28. The largest absolute Gasteiger partial charge is 0.417 e. The van der Waals surface area contributed by atoms with Gasteiger partial charge >= 0.3 is 6.18 Å². The Morgan fingerprint density at radius 2 is 2.06 bits per heavy atom. The number of rotatable bonds is 6. The van der Waals surface area contributed by atoms with Crippen molar-refractivity contribution in [3.63, 3.8) is 0 Å². The smallest absolute Gasteiger partial charge is 0.385 e. The van der Waals surface area contributed by atoms with Crippen LogP contribution in [0.4, 0.5) is 18.9 Å². The van der Waals surface area contributed by atoms with E-state index in [0.29, 0.717) is 12.2 Å². The van der Waals surface area contributed by atoms with Crippen molar-refractivity contribution in [2.45, 2.75) is 19.5 Å². The first-order valence-corrected chi connectivity index (χ1v) is 7.58. The molecule has 0 aromatic heterocycles. The maximum atomic E-state index is 12.7. The Kier molecular flexibility index (Phi) is 6.35. The monoisotopic (exact) mass is 341 g/mol. The minimum absolute atomic E-state index is 0.0714. The zero-order valence-electron chi connectivity index (χ0n) is 9.98. The molecule has 0 amide bonds. The van der Waals surface area contributed by atoms with Crippen LogP contribution in [0.5, 0.6) is 0 Å². The lowest BCUT2D eigenvalue weighted by atomic mass is 10.2. The van der Waals surface area contributed by atoms with Crippen molar-refractivity contribution in [3.05, 3.63) is 28.2 Å². The number of hydrogen-bond acceptors (Lipinski definition) is 2.